The quantitative estimate of drug-likeness (QED) is 0.940. The zero-order chi connectivity index (χ0) is 16.6. The number of fused-ring (bicyclic) bond motifs is 1. The number of hydrogen-bond acceptors (Lipinski definition) is 3. The number of aromatic carboxylic acids is 1. The summed E-state index contributed by atoms with van der Waals surface area (Å²) in [5, 5.41) is 9.15. The van der Waals surface area contributed by atoms with Gasteiger partial charge in [0.15, 0.2) is 5.69 Å². The fourth-order valence-electron chi connectivity index (χ4n) is 2.58. The lowest BCUT2D eigenvalue weighted by Crippen LogP contribution is -2.26. The number of ether oxygens (including phenoxy) is 1. The summed E-state index contributed by atoms with van der Waals surface area (Å²) in [7, 11) is 0. The molecule has 0 aliphatic carbocycles. The van der Waals surface area contributed by atoms with Crippen molar-refractivity contribution in [2.24, 2.45) is 0 Å². The molecule has 1 aliphatic heterocycles. The molecule has 2 aromatic rings. The lowest BCUT2D eigenvalue weighted by atomic mass is 9.94. The molecule has 1 aromatic carbocycles. The van der Waals surface area contributed by atoms with Gasteiger partial charge < -0.3 is 9.84 Å². The van der Waals surface area contributed by atoms with Crippen LogP contribution in [0.2, 0.25) is 0 Å². The first kappa shape index (κ1) is 15.3. The molecule has 23 heavy (non-hydrogen) atoms. The number of rotatable bonds is 3. The highest BCUT2D eigenvalue weighted by atomic mass is 19.1. The lowest BCUT2D eigenvalue weighted by Gasteiger charge is -2.25. The molecule has 0 saturated heterocycles. The molecule has 0 unspecified atom stereocenters. The maximum atomic E-state index is 14.1. The van der Waals surface area contributed by atoms with Gasteiger partial charge in [-0.25, -0.2) is 22.9 Å². The third-order valence-electron chi connectivity index (χ3n) is 3.69. The molecule has 3 rings (SSSR count). The van der Waals surface area contributed by atoms with Gasteiger partial charge in [0.25, 0.3) is 0 Å². The molecule has 1 atom stereocenters. The Hall–Kier alpha value is -2.57. The number of alkyl halides is 1. The van der Waals surface area contributed by atoms with Crippen molar-refractivity contribution in [1.82, 2.24) is 4.98 Å². The molecule has 1 N–H and O–H groups in total. The molecule has 1 aliphatic rings. The molecule has 120 valence electrons. The average molecular weight is 323 g/mol. The Balaban J connectivity index is 2.19. The second-order valence-electron chi connectivity index (χ2n) is 5.20. The highest BCUT2D eigenvalue weighted by molar-refractivity contribution is 5.88. The van der Waals surface area contributed by atoms with Gasteiger partial charge in [-0.05, 0) is 36.6 Å². The summed E-state index contributed by atoms with van der Waals surface area (Å²) in [5.74, 6) is -2.89. The average Bonchev–Trinajstić information content (AvgIpc) is 2.53. The zero-order valence-electron chi connectivity index (χ0n) is 11.9. The maximum Gasteiger partial charge on any atom is 0.354 e. The van der Waals surface area contributed by atoms with Crippen LogP contribution in [0.4, 0.5) is 13.2 Å². The van der Waals surface area contributed by atoms with E-state index in [0.717, 1.165) is 12.1 Å². The van der Waals surface area contributed by atoms with Crippen molar-refractivity contribution in [2.45, 2.75) is 18.9 Å². The second kappa shape index (κ2) is 5.91. The SMILES string of the molecule is O=C(O)c1cc(-c2ccc(F)cc2F)c2c(n1)O[C@@H](CF)CC2. The summed E-state index contributed by atoms with van der Waals surface area (Å²) >= 11 is 0. The Morgan fingerprint density at radius 1 is 1.30 bits per heavy atom. The van der Waals surface area contributed by atoms with Gasteiger partial charge >= 0.3 is 5.97 Å². The van der Waals surface area contributed by atoms with Crippen LogP contribution < -0.4 is 4.74 Å². The number of halogens is 3. The topological polar surface area (TPSA) is 59.4 Å². The van der Waals surface area contributed by atoms with Gasteiger partial charge in [-0.15, -0.1) is 0 Å². The van der Waals surface area contributed by atoms with E-state index in [9.17, 15) is 18.0 Å². The van der Waals surface area contributed by atoms with Crippen LogP contribution in [0.15, 0.2) is 24.3 Å². The molecule has 0 amide bonds. The number of carbonyl (C=O) groups is 1. The number of carboxylic acids is 1. The Kier molecular flexibility index (Phi) is 3.94. The first-order chi connectivity index (χ1) is 11.0. The van der Waals surface area contributed by atoms with Gasteiger partial charge in [-0.2, -0.15) is 0 Å². The van der Waals surface area contributed by atoms with Crippen molar-refractivity contribution >= 4 is 5.97 Å². The molecule has 0 spiro atoms. The highest BCUT2D eigenvalue weighted by Crippen LogP contribution is 2.36. The second-order valence-corrected chi connectivity index (χ2v) is 5.20. The summed E-state index contributed by atoms with van der Waals surface area (Å²) in [6.45, 7) is -0.724. The van der Waals surface area contributed by atoms with E-state index in [4.69, 9.17) is 9.84 Å². The van der Waals surface area contributed by atoms with E-state index in [-0.39, 0.29) is 22.7 Å². The fourth-order valence-corrected chi connectivity index (χ4v) is 2.58. The number of aromatic nitrogens is 1. The van der Waals surface area contributed by atoms with Crippen LogP contribution in [0, 0.1) is 11.6 Å². The first-order valence-corrected chi connectivity index (χ1v) is 6.95. The summed E-state index contributed by atoms with van der Waals surface area (Å²) in [4.78, 5) is 15.1. The van der Waals surface area contributed by atoms with E-state index in [1.165, 1.54) is 12.1 Å². The summed E-state index contributed by atoms with van der Waals surface area (Å²) < 4.78 is 45.3. The predicted molar refractivity (Wildman–Crippen MR) is 75.3 cm³/mol. The standard InChI is InChI=1S/C16H12F3NO3/c17-7-9-2-4-11-12(10-3-1-8(18)5-13(10)19)6-14(16(21)22)20-15(11)23-9/h1,3,5-6,9H,2,4,7H2,(H,21,22)/t9-/m1/s1. The molecule has 1 aromatic heterocycles. The Bertz CT molecular complexity index is 779. The van der Waals surface area contributed by atoms with Crippen molar-refractivity contribution in [3.8, 4) is 17.0 Å². The van der Waals surface area contributed by atoms with Crippen LogP contribution in [0.1, 0.15) is 22.5 Å². The smallest absolute Gasteiger partial charge is 0.354 e. The van der Waals surface area contributed by atoms with Crippen molar-refractivity contribution in [3.05, 3.63) is 47.2 Å². The molecule has 0 radical (unpaired) electrons. The highest BCUT2D eigenvalue weighted by Gasteiger charge is 2.27. The first-order valence-electron chi connectivity index (χ1n) is 6.95. The minimum Gasteiger partial charge on any atom is -0.477 e. The molecule has 0 saturated carbocycles. The van der Waals surface area contributed by atoms with Crippen LogP contribution in [0.5, 0.6) is 5.88 Å². The molecule has 4 nitrogen and oxygen atoms in total. The van der Waals surface area contributed by atoms with E-state index in [1.54, 1.807) is 0 Å². The van der Waals surface area contributed by atoms with Gasteiger partial charge in [0.1, 0.15) is 24.4 Å². The van der Waals surface area contributed by atoms with Crippen molar-refractivity contribution in [1.29, 1.82) is 0 Å². The molecule has 7 heteroatoms. The Morgan fingerprint density at radius 2 is 2.09 bits per heavy atom. The van der Waals surface area contributed by atoms with E-state index >= 15 is 0 Å². The lowest BCUT2D eigenvalue weighted by molar-refractivity contribution is 0.0686. The van der Waals surface area contributed by atoms with Gasteiger partial charge in [0, 0.05) is 17.2 Å². The normalized spacial score (nSPS) is 16.6. The van der Waals surface area contributed by atoms with Gasteiger partial charge in [0.05, 0.1) is 0 Å². The molecule has 2 heterocycles. The number of hydrogen-bond donors (Lipinski definition) is 1. The largest absolute Gasteiger partial charge is 0.477 e. The van der Waals surface area contributed by atoms with Crippen LogP contribution in [0.3, 0.4) is 0 Å². The molecule has 0 fully saturated rings. The van der Waals surface area contributed by atoms with Crippen LogP contribution >= 0.6 is 0 Å². The zero-order valence-corrected chi connectivity index (χ0v) is 11.9. The van der Waals surface area contributed by atoms with E-state index in [1.807, 2.05) is 0 Å². The number of pyridine rings is 1. The maximum absolute atomic E-state index is 14.1. The van der Waals surface area contributed by atoms with Gasteiger partial charge in [-0.1, -0.05) is 0 Å². The third-order valence-corrected chi connectivity index (χ3v) is 3.69. The molecular formula is C16H12F3NO3. The fraction of sp³-hybridized carbons (Fsp3) is 0.250. The monoisotopic (exact) mass is 323 g/mol. The Morgan fingerprint density at radius 3 is 2.74 bits per heavy atom. The van der Waals surface area contributed by atoms with Crippen molar-refractivity contribution in [3.63, 3.8) is 0 Å². The number of carboxylic acid groups (broad SMARTS) is 1. The summed E-state index contributed by atoms with van der Waals surface area (Å²) in [6, 6.07) is 4.25. The van der Waals surface area contributed by atoms with Crippen molar-refractivity contribution in [2.75, 3.05) is 6.67 Å². The van der Waals surface area contributed by atoms with Crippen LogP contribution in [-0.2, 0) is 6.42 Å². The third kappa shape index (κ3) is 2.86. The number of nitrogens with zero attached hydrogens (tertiary/aromatic N) is 1. The van der Waals surface area contributed by atoms with Crippen LogP contribution in [0.25, 0.3) is 11.1 Å². The van der Waals surface area contributed by atoms with Crippen LogP contribution in [-0.4, -0.2) is 28.8 Å². The minimum atomic E-state index is -1.32. The summed E-state index contributed by atoms with van der Waals surface area (Å²) in [5.41, 5.74) is 0.462. The van der Waals surface area contributed by atoms with Crippen molar-refractivity contribution < 1.29 is 27.8 Å². The predicted octanol–water partition coefficient (Wildman–Crippen LogP) is 3.39. The number of benzene rings is 1. The van der Waals surface area contributed by atoms with Gasteiger partial charge in [0.2, 0.25) is 5.88 Å². The Labute approximate surface area is 129 Å². The van der Waals surface area contributed by atoms with E-state index in [2.05, 4.69) is 4.98 Å². The van der Waals surface area contributed by atoms with E-state index in [0.29, 0.717) is 18.4 Å². The molecule has 0 bridgehead atoms. The van der Waals surface area contributed by atoms with E-state index < -0.39 is 30.4 Å². The molecular weight excluding hydrogens is 311 g/mol. The van der Waals surface area contributed by atoms with Gasteiger partial charge in [-0.3, -0.25) is 0 Å². The summed E-state index contributed by atoms with van der Waals surface area (Å²) in [6.07, 6.45) is 0.0288. The minimum absolute atomic E-state index is 0.0162.